The minimum Gasteiger partial charge on any atom is -0.462 e. The van der Waals surface area contributed by atoms with Crippen LogP contribution < -0.4 is 5.32 Å². The molecule has 2 aliphatic carbocycles. The van der Waals surface area contributed by atoms with Gasteiger partial charge in [-0.3, -0.25) is 4.79 Å². The van der Waals surface area contributed by atoms with Gasteiger partial charge in [-0.25, -0.2) is 4.39 Å². The molecule has 0 unspecified atom stereocenters. The number of benzene rings is 1. The van der Waals surface area contributed by atoms with Crippen LogP contribution in [0.25, 0.3) is 0 Å². The maximum Gasteiger partial charge on any atom is 0.315 e. The Morgan fingerprint density at radius 3 is 2.88 bits per heavy atom. The van der Waals surface area contributed by atoms with E-state index in [9.17, 15) is 9.18 Å². The lowest BCUT2D eigenvalue weighted by molar-refractivity contribution is -0.675. The van der Waals surface area contributed by atoms with Crippen molar-refractivity contribution in [3.8, 4) is 0 Å². The second kappa shape index (κ2) is 6.80. The Kier molecular flexibility index (Phi) is 4.64. The summed E-state index contributed by atoms with van der Waals surface area (Å²) >= 11 is 0. The molecule has 3 aliphatic rings. The van der Waals surface area contributed by atoms with Crippen molar-refractivity contribution in [2.45, 2.75) is 51.7 Å². The number of fused-ring (bicyclic) bond motifs is 2. The van der Waals surface area contributed by atoms with Crippen LogP contribution in [0.1, 0.15) is 44.6 Å². The third-order valence-electron chi connectivity index (χ3n) is 7.03. The molecule has 2 N–H and O–H groups in total. The second-order valence-electron chi connectivity index (χ2n) is 8.76. The Labute approximate surface area is 155 Å². The molecular formula is C22H29FNO2+. The van der Waals surface area contributed by atoms with Gasteiger partial charge in [0.1, 0.15) is 24.4 Å². The van der Waals surface area contributed by atoms with Crippen LogP contribution in [0.3, 0.4) is 0 Å². The third-order valence-corrected chi connectivity index (χ3v) is 7.03. The molecule has 1 aromatic rings. The summed E-state index contributed by atoms with van der Waals surface area (Å²) in [7, 11) is 0. The van der Waals surface area contributed by atoms with Crippen LogP contribution >= 0.6 is 0 Å². The number of hydrogen-bond acceptors (Lipinski definition) is 2. The molecule has 26 heavy (non-hydrogen) atoms. The topological polar surface area (TPSA) is 42.9 Å². The number of ether oxygens (including phenoxy) is 1. The van der Waals surface area contributed by atoms with Gasteiger partial charge in [-0.1, -0.05) is 31.2 Å². The monoisotopic (exact) mass is 358 g/mol. The van der Waals surface area contributed by atoms with Gasteiger partial charge in [-0.05, 0) is 55.6 Å². The van der Waals surface area contributed by atoms with E-state index < -0.39 is 0 Å². The second-order valence-corrected chi connectivity index (χ2v) is 8.76. The first kappa shape index (κ1) is 17.7. The molecule has 0 spiro atoms. The largest absolute Gasteiger partial charge is 0.462 e. The van der Waals surface area contributed by atoms with Crippen molar-refractivity contribution < 1.29 is 19.2 Å². The summed E-state index contributed by atoms with van der Waals surface area (Å²) in [5, 5.41) is 2.16. The Balaban J connectivity index is 1.40. The van der Waals surface area contributed by atoms with Gasteiger partial charge in [0.2, 0.25) is 0 Å². The number of halogens is 1. The Bertz CT molecular complexity index is 701. The van der Waals surface area contributed by atoms with Gasteiger partial charge >= 0.3 is 5.97 Å². The summed E-state index contributed by atoms with van der Waals surface area (Å²) in [6, 6.07) is 6.58. The molecule has 4 heteroatoms. The summed E-state index contributed by atoms with van der Waals surface area (Å²) < 4.78 is 18.8. The van der Waals surface area contributed by atoms with Crippen LogP contribution in [-0.2, 0) is 16.1 Å². The predicted octanol–water partition coefficient (Wildman–Crippen LogP) is 3.20. The van der Waals surface area contributed by atoms with E-state index in [1.54, 1.807) is 12.1 Å². The van der Waals surface area contributed by atoms with Crippen LogP contribution in [0, 0.1) is 29.0 Å². The molecular weight excluding hydrogens is 329 g/mol. The molecule has 4 rings (SSSR count). The van der Waals surface area contributed by atoms with E-state index in [-0.39, 0.29) is 29.2 Å². The van der Waals surface area contributed by atoms with Crippen molar-refractivity contribution in [1.29, 1.82) is 0 Å². The first-order chi connectivity index (χ1) is 12.5. The summed E-state index contributed by atoms with van der Waals surface area (Å²) in [5.74, 6) is 0.586. The molecule has 3 fully saturated rings. The normalized spacial score (nSPS) is 36.4. The fraction of sp³-hybridized carbons (Fsp3) is 0.591. The van der Waals surface area contributed by atoms with Crippen LogP contribution in [0.2, 0.25) is 0 Å². The third kappa shape index (κ3) is 3.20. The van der Waals surface area contributed by atoms with E-state index in [2.05, 4.69) is 18.8 Å². The average molecular weight is 358 g/mol. The zero-order valence-corrected chi connectivity index (χ0v) is 15.5. The summed E-state index contributed by atoms with van der Waals surface area (Å²) in [4.78, 5) is 12.5. The van der Waals surface area contributed by atoms with Gasteiger partial charge in [-0.2, -0.15) is 0 Å². The molecule has 1 heterocycles. The number of esters is 1. The number of hydrogen-bond donors (Lipinski definition) is 1. The predicted molar refractivity (Wildman–Crippen MR) is 97.6 cm³/mol. The molecule has 5 atom stereocenters. The Morgan fingerprint density at radius 2 is 2.12 bits per heavy atom. The lowest BCUT2D eigenvalue weighted by atomic mass is 9.55. The maximum absolute atomic E-state index is 13.0. The van der Waals surface area contributed by atoms with Gasteiger partial charge in [0, 0.05) is 11.5 Å². The molecule has 1 aromatic carbocycles. The van der Waals surface area contributed by atoms with Crippen molar-refractivity contribution in [2.24, 2.45) is 23.2 Å². The smallest absolute Gasteiger partial charge is 0.315 e. The minimum atomic E-state index is -0.214. The fourth-order valence-electron chi connectivity index (χ4n) is 5.58. The number of quaternary nitrogens is 1. The number of rotatable bonds is 4. The molecule has 0 aromatic heterocycles. The van der Waals surface area contributed by atoms with E-state index >= 15 is 0 Å². The van der Waals surface area contributed by atoms with Crippen LogP contribution in [0.5, 0.6) is 0 Å². The number of carbonyl (C=O) groups is 1. The van der Waals surface area contributed by atoms with Crippen molar-refractivity contribution in [2.75, 3.05) is 6.54 Å². The molecule has 0 bridgehead atoms. The zero-order valence-electron chi connectivity index (χ0n) is 15.5. The number of nitrogens with two attached hydrogens (primary N) is 1. The molecule has 1 aliphatic heterocycles. The van der Waals surface area contributed by atoms with Gasteiger partial charge in [0.15, 0.2) is 0 Å². The summed E-state index contributed by atoms with van der Waals surface area (Å²) in [6.45, 7) is 8.21. The van der Waals surface area contributed by atoms with E-state index in [1.165, 1.54) is 30.5 Å². The van der Waals surface area contributed by atoms with Crippen LogP contribution in [0.15, 0.2) is 36.4 Å². The highest BCUT2D eigenvalue weighted by molar-refractivity contribution is 5.75. The highest BCUT2D eigenvalue weighted by Crippen LogP contribution is 2.56. The molecule has 0 radical (unpaired) electrons. The Hall–Kier alpha value is -1.68. The van der Waals surface area contributed by atoms with Crippen molar-refractivity contribution in [1.82, 2.24) is 0 Å². The maximum atomic E-state index is 13.0. The molecule has 140 valence electrons. The standard InChI is InChI=1S/C22H28FNO2/c1-14-4-3-9-22(2)11-20-17(10-19(14)22)18(21(25)26-20)13-24-12-15-5-7-16(23)8-6-15/h5-8,17-20,24H,1,3-4,9-13H2,2H3/p+1/t17-,18+,19-,20-,22-/m1/s1. The number of allylic oxidation sites excluding steroid dienone is 1. The number of carbonyl (C=O) groups excluding carboxylic acids is 1. The van der Waals surface area contributed by atoms with Gasteiger partial charge < -0.3 is 10.1 Å². The van der Waals surface area contributed by atoms with E-state index in [1.807, 2.05) is 0 Å². The highest BCUT2D eigenvalue weighted by Gasteiger charge is 2.55. The molecule has 1 saturated heterocycles. The van der Waals surface area contributed by atoms with Crippen molar-refractivity contribution in [3.63, 3.8) is 0 Å². The van der Waals surface area contributed by atoms with E-state index in [0.717, 1.165) is 37.9 Å². The minimum absolute atomic E-state index is 0.0248. The van der Waals surface area contributed by atoms with Crippen LogP contribution in [0.4, 0.5) is 4.39 Å². The first-order valence-electron chi connectivity index (χ1n) is 9.90. The fourth-order valence-corrected chi connectivity index (χ4v) is 5.58. The SMILES string of the molecule is C=C1CCC[C@]2(C)C[C@H]3OC(=O)[C@@H](C[NH2+]Cc4ccc(F)cc4)[C@H]3C[C@H]12. The summed E-state index contributed by atoms with van der Waals surface area (Å²) in [5.41, 5.74) is 2.71. The van der Waals surface area contributed by atoms with E-state index in [4.69, 9.17) is 4.74 Å². The van der Waals surface area contributed by atoms with Gasteiger partial charge in [-0.15, -0.1) is 0 Å². The average Bonchev–Trinajstić information content (AvgIpc) is 2.89. The first-order valence-corrected chi connectivity index (χ1v) is 9.90. The lowest BCUT2D eigenvalue weighted by Crippen LogP contribution is -2.84. The zero-order chi connectivity index (χ0) is 18.3. The molecule has 2 saturated carbocycles. The van der Waals surface area contributed by atoms with Gasteiger partial charge in [0.05, 0.1) is 6.54 Å². The molecule has 0 amide bonds. The lowest BCUT2D eigenvalue weighted by Gasteiger charge is -2.49. The van der Waals surface area contributed by atoms with Crippen molar-refractivity contribution in [3.05, 3.63) is 47.8 Å². The highest BCUT2D eigenvalue weighted by atomic mass is 19.1. The van der Waals surface area contributed by atoms with Crippen LogP contribution in [-0.4, -0.2) is 18.6 Å². The van der Waals surface area contributed by atoms with E-state index in [0.29, 0.717) is 11.8 Å². The molecule has 3 nitrogen and oxygen atoms in total. The van der Waals surface area contributed by atoms with Gasteiger partial charge in [0.25, 0.3) is 0 Å². The summed E-state index contributed by atoms with van der Waals surface area (Å²) in [6.07, 6.45) is 5.68. The quantitative estimate of drug-likeness (QED) is 0.663. The Morgan fingerprint density at radius 1 is 1.35 bits per heavy atom. The van der Waals surface area contributed by atoms with Crippen molar-refractivity contribution >= 4 is 5.97 Å².